The largest absolute Gasteiger partial charge is 0.370 e. The number of piperidine rings is 1. The van der Waals surface area contributed by atoms with Gasteiger partial charge in [-0.1, -0.05) is 6.07 Å². The summed E-state index contributed by atoms with van der Waals surface area (Å²) in [6, 6.07) is 6.64. The van der Waals surface area contributed by atoms with Crippen LogP contribution in [0, 0.1) is 6.92 Å². The molecule has 0 atom stereocenters. The molecule has 144 valence electrons. The Morgan fingerprint density at radius 2 is 1.96 bits per heavy atom. The molecule has 6 heteroatoms. The molecule has 1 amide bonds. The summed E-state index contributed by atoms with van der Waals surface area (Å²) in [5, 5.41) is 1.98. The first-order valence-corrected chi connectivity index (χ1v) is 10.8. The van der Waals surface area contributed by atoms with Crippen molar-refractivity contribution in [3.63, 3.8) is 0 Å². The van der Waals surface area contributed by atoms with E-state index in [0.29, 0.717) is 6.04 Å². The third kappa shape index (κ3) is 4.17. The molecule has 27 heavy (non-hydrogen) atoms. The average molecular weight is 385 g/mol. The summed E-state index contributed by atoms with van der Waals surface area (Å²) in [6.45, 7) is 8.34. The van der Waals surface area contributed by atoms with Gasteiger partial charge in [0.15, 0.2) is 0 Å². The summed E-state index contributed by atoms with van der Waals surface area (Å²) >= 11 is 1.54. The second-order valence-electron chi connectivity index (χ2n) is 7.54. The minimum absolute atomic E-state index is 0.207. The molecule has 0 bridgehead atoms. The first-order chi connectivity index (χ1) is 13.2. The van der Waals surface area contributed by atoms with Gasteiger partial charge >= 0.3 is 0 Å². The maximum atomic E-state index is 12.5. The number of hydrogen-bond acceptors (Lipinski definition) is 5. The zero-order valence-corrected chi connectivity index (χ0v) is 16.8. The highest BCUT2D eigenvalue weighted by Crippen LogP contribution is 2.24. The fraction of sp³-hybridized carbons (Fsp3) is 0.524. The molecule has 2 saturated heterocycles. The van der Waals surface area contributed by atoms with Crippen LogP contribution in [0.3, 0.4) is 0 Å². The number of rotatable bonds is 3. The van der Waals surface area contributed by atoms with Gasteiger partial charge in [-0.05, 0) is 49.3 Å². The van der Waals surface area contributed by atoms with Crippen molar-refractivity contribution in [3.05, 3.63) is 46.4 Å². The van der Waals surface area contributed by atoms with Gasteiger partial charge in [0.2, 0.25) is 0 Å². The van der Waals surface area contributed by atoms with Gasteiger partial charge in [-0.15, -0.1) is 11.3 Å². The number of thiophene rings is 1. The number of carbonyl (C=O) groups is 1. The summed E-state index contributed by atoms with van der Waals surface area (Å²) < 4.78 is 0. The maximum Gasteiger partial charge on any atom is 0.263 e. The smallest absolute Gasteiger partial charge is 0.263 e. The van der Waals surface area contributed by atoms with E-state index in [-0.39, 0.29) is 5.91 Å². The molecule has 2 aliphatic rings. The lowest BCUT2D eigenvalue weighted by Crippen LogP contribution is -2.47. The molecule has 4 rings (SSSR count). The van der Waals surface area contributed by atoms with Crippen LogP contribution in [0.5, 0.6) is 0 Å². The lowest BCUT2D eigenvalue weighted by Gasteiger charge is -2.38. The molecule has 0 aliphatic carbocycles. The number of nitrogens with zero attached hydrogens (tertiary/aromatic N) is 4. The van der Waals surface area contributed by atoms with Gasteiger partial charge in [0.05, 0.1) is 4.88 Å². The van der Waals surface area contributed by atoms with Crippen LogP contribution in [0.2, 0.25) is 0 Å². The quantitative estimate of drug-likeness (QED) is 0.814. The Balaban J connectivity index is 1.32. The first-order valence-electron chi connectivity index (χ1n) is 9.95. The Morgan fingerprint density at radius 3 is 2.70 bits per heavy atom. The third-order valence-electron chi connectivity index (χ3n) is 5.86. The van der Waals surface area contributed by atoms with E-state index in [0.717, 1.165) is 57.0 Å². The molecule has 4 heterocycles. The standard InChI is InChI=1S/C21H28N4OS/c1-17-16-22-8-5-19(17)24-10-3-9-23(13-14-24)18-6-11-25(12-7-18)21(26)20-4-2-15-27-20/h2,4-5,8,15-16,18H,3,6-7,9-14H2,1H3. The van der Waals surface area contributed by atoms with E-state index >= 15 is 0 Å². The van der Waals surface area contributed by atoms with Gasteiger partial charge in [-0.25, -0.2) is 0 Å². The summed E-state index contributed by atoms with van der Waals surface area (Å²) in [5.41, 5.74) is 2.58. The minimum Gasteiger partial charge on any atom is -0.370 e. The summed E-state index contributed by atoms with van der Waals surface area (Å²) in [4.78, 5) is 24.8. The van der Waals surface area contributed by atoms with E-state index in [2.05, 4.69) is 27.8 Å². The molecular weight excluding hydrogens is 356 g/mol. The Kier molecular flexibility index (Phi) is 5.74. The van der Waals surface area contributed by atoms with E-state index < -0.39 is 0 Å². The summed E-state index contributed by atoms with van der Waals surface area (Å²) in [5.74, 6) is 0.207. The molecule has 0 N–H and O–H groups in total. The van der Waals surface area contributed by atoms with Gasteiger partial charge in [-0.2, -0.15) is 0 Å². The van der Waals surface area contributed by atoms with Crippen LogP contribution in [0.15, 0.2) is 36.0 Å². The Bertz CT molecular complexity index is 755. The normalized spacial score (nSPS) is 19.9. The van der Waals surface area contributed by atoms with E-state index in [9.17, 15) is 4.79 Å². The zero-order chi connectivity index (χ0) is 18.6. The van der Waals surface area contributed by atoms with Gasteiger partial charge in [0, 0.05) is 63.4 Å². The predicted octanol–water partition coefficient (Wildman–Crippen LogP) is 3.27. The molecule has 0 aromatic carbocycles. The van der Waals surface area contributed by atoms with E-state index in [1.54, 1.807) is 11.3 Å². The summed E-state index contributed by atoms with van der Waals surface area (Å²) in [6.07, 6.45) is 7.22. The van der Waals surface area contributed by atoms with E-state index in [1.807, 2.05) is 34.8 Å². The number of amides is 1. The number of pyridine rings is 1. The number of hydrogen-bond donors (Lipinski definition) is 0. The number of anilines is 1. The lowest BCUT2D eigenvalue weighted by molar-refractivity contribution is 0.0631. The van der Waals surface area contributed by atoms with Crippen LogP contribution < -0.4 is 4.90 Å². The van der Waals surface area contributed by atoms with Crippen molar-refractivity contribution in [1.82, 2.24) is 14.8 Å². The Labute approximate surface area is 165 Å². The van der Waals surface area contributed by atoms with Crippen molar-refractivity contribution in [1.29, 1.82) is 0 Å². The monoisotopic (exact) mass is 384 g/mol. The fourth-order valence-corrected chi connectivity index (χ4v) is 5.05. The number of aromatic nitrogens is 1. The highest BCUT2D eigenvalue weighted by atomic mass is 32.1. The molecule has 2 aliphatic heterocycles. The minimum atomic E-state index is 0.207. The van der Waals surface area contributed by atoms with Gasteiger partial charge in [-0.3, -0.25) is 14.7 Å². The topological polar surface area (TPSA) is 39.7 Å². The highest BCUT2D eigenvalue weighted by Gasteiger charge is 2.29. The third-order valence-corrected chi connectivity index (χ3v) is 6.72. The van der Waals surface area contributed by atoms with Crippen LogP contribution in [0.25, 0.3) is 0 Å². The van der Waals surface area contributed by atoms with Crippen molar-refractivity contribution < 1.29 is 4.79 Å². The van der Waals surface area contributed by atoms with E-state index in [4.69, 9.17) is 0 Å². The highest BCUT2D eigenvalue weighted by molar-refractivity contribution is 7.12. The van der Waals surface area contributed by atoms with Crippen LogP contribution in [0.1, 0.15) is 34.5 Å². The van der Waals surface area contributed by atoms with Gasteiger partial charge in [0.1, 0.15) is 0 Å². The predicted molar refractivity (Wildman–Crippen MR) is 111 cm³/mol. The lowest BCUT2D eigenvalue weighted by atomic mass is 10.0. The average Bonchev–Trinajstić information content (AvgIpc) is 3.13. The molecule has 2 aromatic rings. The molecule has 0 radical (unpaired) electrons. The zero-order valence-electron chi connectivity index (χ0n) is 16.0. The SMILES string of the molecule is Cc1cnccc1N1CCCN(C2CCN(C(=O)c3cccs3)CC2)CC1. The second kappa shape index (κ2) is 8.40. The van der Waals surface area contributed by atoms with Crippen molar-refractivity contribution in [2.24, 2.45) is 0 Å². The van der Waals surface area contributed by atoms with Crippen LogP contribution in [-0.4, -0.2) is 66.0 Å². The number of aryl methyl sites for hydroxylation is 1. The second-order valence-corrected chi connectivity index (χ2v) is 8.49. The number of carbonyl (C=O) groups excluding carboxylic acids is 1. The van der Waals surface area contributed by atoms with Crippen LogP contribution in [0.4, 0.5) is 5.69 Å². The van der Waals surface area contributed by atoms with Gasteiger partial charge in [0.25, 0.3) is 5.91 Å². The molecule has 0 unspecified atom stereocenters. The summed E-state index contributed by atoms with van der Waals surface area (Å²) in [7, 11) is 0. The molecule has 2 fully saturated rings. The Hall–Kier alpha value is -1.92. The molecular formula is C21H28N4OS. The van der Waals surface area contributed by atoms with Crippen molar-refractivity contribution in [2.45, 2.75) is 32.2 Å². The van der Waals surface area contributed by atoms with Crippen molar-refractivity contribution in [2.75, 3.05) is 44.2 Å². The van der Waals surface area contributed by atoms with Crippen LogP contribution in [-0.2, 0) is 0 Å². The van der Waals surface area contributed by atoms with Gasteiger partial charge < -0.3 is 9.80 Å². The molecule has 0 saturated carbocycles. The molecule has 2 aromatic heterocycles. The van der Waals surface area contributed by atoms with Crippen LogP contribution >= 0.6 is 11.3 Å². The first kappa shape index (κ1) is 18.4. The maximum absolute atomic E-state index is 12.5. The Morgan fingerprint density at radius 1 is 1.11 bits per heavy atom. The van der Waals surface area contributed by atoms with E-state index in [1.165, 1.54) is 17.7 Å². The number of likely N-dealkylation sites (tertiary alicyclic amines) is 1. The fourth-order valence-electron chi connectivity index (χ4n) is 4.35. The molecule has 0 spiro atoms. The van der Waals surface area contributed by atoms with Crippen molar-refractivity contribution in [3.8, 4) is 0 Å². The molecule has 5 nitrogen and oxygen atoms in total. The van der Waals surface area contributed by atoms with Crippen molar-refractivity contribution >= 4 is 22.9 Å².